The summed E-state index contributed by atoms with van der Waals surface area (Å²) in [5.74, 6) is 0.325. The highest BCUT2D eigenvalue weighted by Gasteiger charge is 2.28. The zero-order valence-corrected chi connectivity index (χ0v) is 8.46. The normalized spacial score (nSPS) is 11.2. The SMILES string of the molecule is NCCOc1ccccc1OCC(F)(F)F. The van der Waals surface area contributed by atoms with Crippen LogP contribution < -0.4 is 15.2 Å². The highest BCUT2D eigenvalue weighted by molar-refractivity contribution is 5.39. The van der Waals surface area contributed by atoms with E-state index in [-0.39, 0.29) is 24.7 Å². The Morgan fingerprint density at radius 1 is 1.06 bits per heavy atom. The fourth-order valence-electron chi connectivity index (χ4n) is 1.02. The number of alkyl halides is 3. The highest BCUT2D eigenvalue weighted by atomic mass is 19.4. The van der Waals surface area contributed by atoms with Crippen LogP contribution in [0.5, 0.6) is 11.5 Å². The molecule has 1 aromatic carbocycles. The molecule has 1 aromatic rings. The summed E-state index contributed by atoms with van der Waals surface area (Å²) in [5, 5.41) is 0. The predicted molar refractivity (Wildman–Crippen MR) is 52.5 cm³/mol. The van der Waals surface area contributed by atoms with Crippen molar-refractivity contribution < 1.29 is 22.6 Å². The average molecular weight is 235 g/mol. The van der Waals surface area contributed by atoms with Gasteiger partial charge in [-0.15, -0.1) is 0 Å². The van der Waals surface area contributed by atoms with Crippen molar-refractivity contribution in [3.05, 3.63) is 24.3 Å². The van der Waals surface area contributed by atoms with E-state index < -0.39 is 12.8 Å². The summed E-state index contributed by atoms with van der Waals surface area (Å²) < 4.78 is 45.6. The molecule has 0 aliphatic carbocycles. The van der Waals surface area contributed by atoms with E-state index in [9.17, 15) is 13.2 Å². The lowest BCUT2D eigenvalue weighted by Crippen LogP contribution is -2.19. The van der Waals surface area contributed by atoms with Gasteiger partial charge in [0, 0.05) is 6.54 Å². The molecular formula is C10H12F3NO2. The van der Waals surface area contributed by atoms with Gasteiger partial charge in [-0.3, -0.25) is 0 Å². The Kier molecular flexibility index (Phi) is 4.42. The number of para-hydroxylation sites is 2. The molecular weight excluding hydrogens is 223 g/mol. The molecule has 0 unspecified atom stereocenters. The second kappa shape index (κ2) is 5.60. The Morgan fingerprint density at radius 2 is 1.62 bits per heavy atom. The molecule has 0 atom stereocenters. The van der Waals surface area contributed by atoms with Crippen LogP contribution in [0.2, 0.25) is 0 Å². The van der Waals surface area contributed by atoms with Gasteiger partial charge in [0.1, 0.15) is 6.61 Å². The second-order valence-corrected chi connectivity index (χ2v) is 2.99. The smallest absolute Gasteiger partial charge is 0.422 e. The molecule has 16 heavy (non-hydrogen) atoms. The summed E-state index contributed by atoms with van der Waals surface area (Å²) >= 11 is 0. The van der Waals surface area contributed by atoms with Gasteiger partial charge in [-0.05, 0) is 12.1 Å². The van der Waals surface area contributed by atoms with Crippen molar-refractivity contribution in [3.63, 3.8) is 0 Å². The van der Waals surface area contributed by atoms with Crippen LogP contribution in [-0.4, -0.2) is 25.9 Å². The van der Waals surface area contributed by atoms with Crippen LogP contribution >= 0.6 is 0 Å². The third-order valence-electron chi connectivity index (χ3n) is 1.62. The van der Waals surface area contributed by atoms with Crippen LogP contribution in [0.25, 0.3) is 0 Å². The topological polar surface area (TPSA) is 44.5 Å². The van der Waals surface area contributed by atoms with E-state index in [0.29, 0.717) is 0 Å². The summed E-state index contributed by atoms with van der Waals surface area (Å²) in [6.07, 6.45) is -4.36. The van der Waals surface area contributed by atoms with E-state index in [0.717, 1.165) is 0 Å². The third kappa shape index (κ3) is 4.39. The van der Waals surface area contributed by atoms with Crippen LogP contribution in [0.4, 0.5) is 13.2 Å². The van der Waals surface area contributed by atoms with Crippen molar-refractivity contribution in [2.45, 2.75) is 6.18 Å². The molecule has 3 nitrogen and oxygen atoms in total. The van der Waals surface area contributed by atoms with Crippen LogP contribution in [0.3, 0.4) is 0 Å². The molecule has 0 heterocycles. The average Bonchev–Trinajstić information content (AvgIpc) is 2.23. The van der Waals surface area contributed by atoms with Gasteiger partial charge in [0.25, 0.3) is 0 Å². The third-order valence-corrected chi connectivity index (χ3v) is 1.62. The van der Waals surface area contributed by atoms with E-state index in [4.69, 9.17) is 10.5 Å². The fraction of sp³-hybridized carbons (Fsp3) is 0.400. The van der Waals surface area contributed by atoms with Gasteiger partial charge < -0.3 is 15.2 Å². The molecule has 0 bridgehead atoms. The van der Waals surface area contributed by atoms with Crippen molar-refractivity contribution in [2.24, 2.45) is 5.73 Å². The first-order chi connectivity index (χ1) is 7.53. The van der Waals surface area contributed by atoms with Gasteiger partial charge in [0.2, 0.25) is 0 Å². The van der Waals surface area contributed by atoms with Crippen LogP contribution in [0.1, 0.15) is 0 Å². The molecule has 0 saturated carbocycles. The summed E-state index contributed by atoms with van der Waals surface area (Å²) in [7, 11) is 0. The summed E-state index contributed by atoms with van der Waals surface area (Å²) in [5.41, 5.74) is 5.22. The predicted octanol–water partition coefficient (Wildman–Crippen LogP) is 1.97. The number of benzene rings is 1. The van der Waals surface area contributed by atoms with Gasteiger partial charge in [0.15, 0.2) is 18.1 Å². The van der Waals surface area contributed by atoms with E-state index >= 15 is 0 Å². The fourth-order valence-corrected chi connectivity index (χ4v) is 1.02. The lowest BCUT2D eigenvalue weighted by Gasteiger charge is -2.13. The van der Waals surface area contributed by atoms with Crippen molar-refractivity contribution in [2.75, 3.05) is 19.8 Å². The molecule has 0 radical (unpaired) electrons. The first-order valence-electron chi connectivity index (χ1n) is 4.64. The molecule has 6 heteroatoms. The van der Waals surface area contributed by atoms with Crippen molar-refractivity contribution in [1.29, 1.82) is 0 Å². The molecule has 0 saturated heterocycles. The minimum absolute atomic E-state index is 0.0632. The maximum Gasteiger partial charge on any atom is 0.422 e. The Hall–Kier alpha value is -1.43. The minimum atomic E-state index is -4.36. The number of hydrogen-bond donors (Lipinski definition) is 1. The molecule has 0 amide bonds. The Balaban J connectivity index is 2.63. The van der Waals surface area contributed by atoms with E-state index in [2.05, 4.69) is 4.74 Å². The Labute approximate surface area is 91.0 Å². The summed E-state index contributed by atoms with van der Waals surface area (Å²) in [6, 6.07) is 6.16. The maximum absolute atomic E-state index is 11.9. The lowest BCUT2D eigenvalue weighted by atomic mass is 10.3. The van der Waals surface area contributed by atoms with E-state index in [1.807, 2.05) is 0 Å². The van der Waals surface area contributed by atoms with Crippen LogP contribution in [-0.2, 0) is 0 Å². The zero-order valence-electron chi connectivity index (χ0n) is 8.46. The largest absolute Gasteiger partial charge is 0.488 e. The molecule has 0 aliphatic heterocycles. The number of ether oxygens (including phenoxy) is 2. The zero-order chi connectivity index (χ0) is 12.0. The van der Waals surface area contributed by atoms with E-state index in [1.54, 1.807) is 12.1 Å². The molecule has 0 spiro atoms. The standard InChI is InChI=1S/C10H12F3NO2/c11-10(12,13)7-16-9-4-2-1-3-8(9)15-6-5-14/h1-4H,5-7,14H2. The van der Waals surface area contributed by atoms with Crippen LogP contribution in [0, 0.1) is 0 Å². The monoisotopic (exact) mass is 235 g/mol. The highest BCUT2D eigenvalue weighted by Crippen LogP contribution is 2.28. The van der Waals surface area contributed by atoms with Gasteiger partial charge in [0.05, 0.1) is 0 Å². The van der Waals surface area contributed by atoms with Gasteiger partial charge in [-0.2, -0.15) is 13.2 Å². The number of nitrogens with two attached hydrogens (primary N) is 1. The molecule has 1 rings (SSSR count). The molecule has 2 N–H and O–H groups in total. The maximum atomic E-state index is 11.9. The number of rotatable bonds is 5. The molecule has 0 aliphatic rings. The molecule has 0 fully saturated rings. The summed E-state index contributed by atoms with van der Waals surface area (Å²) in [4.78, 5) is 0. The molecule has 90 valence electrons. The Morgan fingerprint density at radius 3 is 2.12 bits per heavy atom. The van der Waals surface area contributed by atoms with Gasteiger partial charge >= 0.3 is 6.18 Å². The van der Waals surface area contributed by atoms with E-state index in [1.165, 1.54) is 12.1 Å². The second-order valence-electron chi connectivity index (χ2n) is 2.99. The minimum Gasteiger partial charge on any atom is -0.488 e. The lowest BCUT2D eigenvalue weighted by molar-refractivity contribution is -0.153. The molecule has 0 aromatic heterocycles. The van der Waals surface area contributed by atoms with Crippen LogP contribution in [0.15, 0.2) is 24.3 Å². The van der Waals surface area contributed by atoms with Gasteiger partial charge in [-0.25, -0.2) is 0 Å². The summed E-state index contributed by atoms with van der Waals surface area (Å²) in [6.45, 7) is -0.823. The number of halogens is 3. The van der Waals surface area contributed by atoms with Crippen molar-refractivity contribution >= 4 is 0 Å². The quantitative estimate of drug-likeness (QED) is 0.848. The van der Waals surface area contributed by atoms with Crippen molar-refractivity contribution in [3.8, 4) is 11.5 Å². The van der Waals surface area contributed by atoms with Gasteiger partial charge in [-0.1, -0.05) is 12.1 Å². The first-order valence-corrected chi connectivity index (χ1v) is 4.64. The Bertz CT molecular complexity index is 328. The first kappa shape index (κ1) is 12.6. The number of hydrogen-bond acceptors (Lipinski definition) is 3. The van der Waals surface area contributed by atoms with Crippen molar-refractivity contribution in [1.82, 2.24) is 0 Å².